The molecular formula is C7H8ClN5O. The van der Waals surface area contributed by atoms with Gasteiger partial charge in [-0.2, -0.15) is 9.61 Å². The molecule has 0 fully saturated rings. The minimum absolute atomic E-state index is 0.0591. The fourth-order valence-electron chi connectivity index (χ4n) is 1.10. The van der Waals surface area contributed by atoms with Gasteiger partial charge >= 0.3 is 0 Å². The van der Waals surface area contributed by atoms with Gasteiger partial charge in [0, 0.05) is 6.54 Å². The van der Waals surface area contributed by atoms with Gasteiger partial charge in [0.25, 0.3) is 5.78 Å². The van der Waals surface area contributed by atoms with E-state index in [9.17, 15) is 5.11 Å². The van der Waals surface area contributed by atoms with Gasteiger partial charge in [0.15, 0.2) is 5.15 Å². The van der Waals surface area contributed by atoms with Crippen LogP contribution in [-0.4, -0.2) is 31.2 Å². The molecule has 2 aromatic heterocycles. The van der Waals surface area contributed by atoms with Crippen molar-refractivity contribution in [1.82, 2.24) is 19.6 Å². The number of hydrogen-bond donors (Lipinski definition) is 2. The zero-order valence-electron chi connectivity index (χ0n) is 7.13. The molecule has 0 amide bonds. The van der Waals surface area contributed by atoms with E-state index in [0.717, 1.165) is 0 Å². The van der Waals surface area contributed by atoms with Crippen LogP contribution in [0.2, 0.25) is 5.15 Å². The van der Waals surface area contributed by atoms with Crippen LogP contribution in [0.5, 0.6) is 0 Å². The van der Waals surface area contributed by atoms with Crippen molar-refractivity contribution in [1.29, 1.82) is 0 Å². The van der Waals surface area contributed by atoms with Gasteiger partial charge in [-0.05, 0) is 0 Å². The maximum Gasteiger partial charge on any atom is 0.252 e. The van der Waals surface area contributed by atoms with Gasteiger partial charge in [-0.15, -0.1) is 0 Å². The van der Waals surface area contributed by atoms with Crippen LogP contribution in [0.25, 0.3) is 5.78 Å². The van der Waals surface area contributed by atoms with Crippen molar-refractivity contribution in [3.05, 3.63) is 23.2 Å². The van der Waals surface area contributed by atoms with Crippen LogP contribution < -0.4 is 5.73 Å². The van der Waals surface area contributed by atoms with Gasteiger partial charge in [-0.25, -0.2) is 9.97 Å². The Morgan fingerprint density at radius 2 is 2.36 bits per heavy atom. The molecule has 0 aliphatic heterocycles. The number of fused-ring (bicyclic) bond motifs is 1. The van der Waals surface area contributed by atoms with Crippen LogP contribution in [0, 0.1) is 0 Å². The number of aliphatic hydroxyl groups is 1. The van der Waals surface area contributed by atoms with Crippen molar-refractivity contribution < 1.29 is 5.11 Å². The van der Waals surface area contributed by atoms with E-state index in [4.69, 9.17) is 17.3 Å². The molecule has 0 saturated heterocycles. The lowest BCUT2D eigenvalue weighted by atomic mass is 10.3. The average molecular weight is 214 g/mol. The van der Waals surface area contributed by atoms with Crippen molar-refractivity contribution in [2.24, 2.45) is 5.73 Å². The summed E-state index contributed by atoms with van der Waals surface area (Å²) >= 11 is 5.91. The Morgan fingerprint density at radius 1 is 1.57 bits per heavy atom. The summed E-state index contributed by atoms with van der Waals surface area (Å²) in [5.41, 5.74) is 5.60. The molecule has 0 aliphatic rings. The van der Waals surface area contributed by atoms with E-state index in [2.05, 4.69) is 15.1 Å². The van der Waals surface area contributed by atoms with Crippen molar-refractivity contribution in [3.8, 4) is 0 Å². The minimum atomic E-state index is -0.883. The van der Waals surface area contributed by atoms with Gasteiger partial charge < -0.3 is 10.8 Å². The first-order valence-corrected chi connectivity index (χ1v) is 4.35. The van der Waals surface area contributed by atoms with Crippen LogP contribution >= 0.6 is 11.6 Å². The third-order valence-electron chi connectivity index (χ3n) is 1.78. The Labute approximate surface area is 84.3 Å². The second-order valence-corrected chi connectivity index (χ2v) is 3.05. The molecule has 0 aliphatic carbocycles. The lowest BCUT2D eigenvalue weighted by Gasteiger charge is -2.02. The number of rotatable bonds is 2. The van der Waals surface area contributed by atoms with E-state index in [-0.39, 0.29) is 11.7 Å². The number of halogens is 1. The van der Waals surface area contributed by atoms with Crippen LogP contribution in [0.1, 0.15) is 11.8 Å². The topological polar surface area (TPSA) is 89.3 Å². The molecule has 7 heteroatoms. The van der Waals surface area contributed by atoms with Crippen LogP contribution in [-0.2, 0) is 0 Å². The highest BCUT2D eigenvalue weighted by Crippen LogP contribution is 2.21. The van der Waals surface area contributed by atoms with Crippen LogP contribution in [0.4, 0.5) is 0 Å². The van der Waals surface area contributed by atoms with E-state index in [1.165, 1.54) is 16.9 Å². The van der Waals surface area contributed by atoms with Gasteiger partial charge in [-0.3, -0.25) is 0 Å². The van der Waals surface area contributed by atoms with Gasteiger partial charge in [-0.1, -0.05) is 11.6 Å². The molecule has 0 aromatic carbocycles. The lowest BCUT2D eigenvalue weighted by Crippen LogP contribution is -2.12. The summed E-state index contributed by atoms with van der Waals surface area (Å²) in [6.45, 7) is 0.0591. The molecule has 1 atom stereocenters. The Balaban J connectivity index is 2.62. The number of imidazole rings is 1. The average Bonchev–Trinajstić information content (AvgIpc) is 2.56. The lowest BCUT2D eigenvalue weighted by molar-refractivity contribution is 0.182. The molecule has 74 valence electrons. The SMILES string of the molecule is NCC(O)c1nc2nccnn2c1Cl. The summed E-state index contributed by atoms with van der Waals surface area (Å²) in [6, 6.07) is 0. The Kier molecular flexibility index (Phi) is 2.32. The Hall–Kier alpha value is -1.24. The molecule has 0 saturated carbocycles. The molecule has 2 rings (SSSR count). The van der Waals surface area contributed by atoms with E-state index in [1.54, 1.807) is 0 Å². The molecular weight excluding hydrogens is 206 g/mol. The van der Waals surface area contributed by atoms with Gasteiger partial charge in [0.05, 0.1) is 12.4 Å². The van der Waals surface area contributed by atoms with Crippen molar-refractivity contribution >= 4 is 17.4 Å². The summed E-state index contributed by atoms with van der Waals surface area (Å²) in [4.78, 5) is 7.94. The fourth-order valence-corrected chi connectivity index (χ4v) is 1.39. The summed E-state index contributed by atoms with van der Waals surface area (Å²) in [6.07, 6.45) is 2.10. The maximum absolute atomic E-state index is 9.47. The zero-order valence-corrected chi connectivity index (χ0v) is 7.89. The van der Waals surface area contributed by atoms with E-state index in [0.29, 0.717) is 11.5 Å². The maximum atomic E-state index is 9.47. The first-order chi connectivity index (χ1) is 6.74. The Bertz CT molecular complexity index is 456. The van der Waals surface area contributed by atoms with E-state index < -0.39 is 6.10 Å². The minimum Gasteiger partial charge on any atom is -0.385 e. The molecule has 0 bridgehead atoms. The van der Waals surface area contributed by atoms with Crippen molar-refractivity contribution in [2.45, 2.75) is 6.10 Å². The first-order valence-electron chi connectivity index (χ1n) is 3.97. The highest BCUT2D eigenvalue weighted by Gasteiger charge is 2.17. The smallest absolute Gasteiger partial charge is 0.252 e. The molecule has 6 nitrogen and oxygen atoms in total. The third kappa shape index (κ3) is 1.33. The molecule has 3 N–H and O–H groups in total. The predicted octanol–water partition coefficient (Wildman–Crippen LogP) is -0.230. The highest BCUT2D eigenvalue weighted by atomic mass is 35.5. The van der Waals surface area contributed by atoms with Gasteiger partial charge in [0.2, 0.25) is 0 Å². The quantitative estimate of drug-likeness (QED) is 0.719. The second kappa shape index (κ2) is 3.49. The molecule has 0 radical (unpaired) electrons. The second-order valence-electron chi connectivity index (χ2n) is 2.69. The largest absolute Gasteiger partial charge is 0.385 e. The summed E-state index contributed by atoms with van der Waals surface area (Å²) in [5.74, 6) is 0.347. The Morgan fingerprint density at radius 3 is 3.00 bits per heavy atom. The third-order valence-corrected chi connectivity index (χ3v) is 2.14. The standard InChI is InChI=1S/C7H8ClN5O/c8-6-5(4(14)3-9)12-7-10-1-2-11-13(6)7/h1-2,4,14H,3,9H2. The number of aliphatic hydroxyl groups excluding tert-OH is 1. The number of nitrogens with zero attached hydrogens (tertiary/aromatic N) is 4. The van der Waals surface area contributed by atoms with Gasteiger partial charge in [0.1, 0.15) is 11.8 Å². The van der Waals surface area contributed by atoms with Crippen LogP contribution in [0.15, 0.2) is 12.4 Å². The molecule has 2 heterocycles. The van der Waals surface area contributed by atoms with Crippen LogP contribution in [0.3, 0.4) is 0 Å². The monoisotopic (exact) mass is 213 g/mol. The first kappa shape index (κ1) is 9.32. The summed E-state index contributed by atoms with van der Waals surface area (Å²) in [5, 5.41) is 13.6. The normalized spacial score (nSPS) is 13.4. The van der Waals surface area contributed by atoms with Crippen molar-refractivity contribution in [2.75, 3.05) is 6.54 Å². The number of aromatic nitrogens is 4. The highest BCUT2D eigenvalue weighted by molar-refractivity contribution is 6.30. The predicted molar refractivity (Wildman–Crippen MR) is 49.8 cm³/mol. The molecule has 0 spiro atoms. The molecule has 14 heavy (non-hydrogen) atoms. The van der Waals surface area contributed by atoms with Crippen molar-refractivity contribution in [3.63, 3.8) is 0 Å². The molecule has 2 aromatic rings. The summed E-state index contributed by atoms with van der Waals surface area (Å²) < 4.78 is 1.34. The number of nitrogens with two attached hydrogens (primary N) is 1. The fraction of sp³-hybridized carbons (Fsp3) is 0.286. The number of hydrogen-bond acceptors (Lipinski definition) is 5. The summed E-state index contributed by atoms with van der Waals surface area (Å²) in [7, 11) is 0. The molecule has 1 unspecified atom stereocenters. The van der Waals surface area contributed by atoms with E-state index >= 15 is 0 Å². The van der Waals surface area contributed by atoms with E-state index in [1.807, 2.05) is 0 Å². The zero-order chi connectivity index (χ0) is 10.1.